The van der Waals surface area contributed by atoms with E-state index in [0.29, 0.717) is 5.56 Å². The molecule has 0 N–H and O–H groups in total. The van der Waals surface area contributed by atoms with Crippen LogP contribution in [-0.2, 0) is 0 Å². The summed E-state index contributed by atoms with van der Waals surface area (Å²) in [5.74, 6) is -0.288. The highest BCUT2D eigenvalue weighted by atomic mass is 79.9. The van der Waals surface area contributed by atoms with Gasteiger partial charge in [0, 0.05) is 17.3 Å². The molecule has 1 heterocycles. The fourth-order valence-corrected chi connectivity index (χ4v) is 2.14. The van der Waals surface area contributed by atoms with Crippen LogP contribution in [0, 0.1) is 0 Å². The van der Waals surface area contributed by atoms with E-state index in [4.69, 9.17) is 23.4 Å². The first kappa shape index (κ1) is 12.7. The lowest BCUT2D eigenvalue weighted by atomic mass is 10.1. The molecule has 0 fully saturated rings. The highest BCUT2D eigenvalue weighted by Crippen LogP contribution is 2.34. The Morgan fingerprint density at radius 1 is 1.41 bits per heavy atom. The second-order valence-corrected chi connectivity index (χ2v) is 5.99. The molecular weight excluding hydrogens is 329 g/mol. The van der Waals surface area contributed by atoms with Crippen molar-refractivity contribution >= 4 is 51.4 Å². The number of hydrogen-bond acceptors (Lipinski definition) is 4. The van der Waals surface area contributed by atoms with Crippen molar-refractivity contribution in [2.45, 2.75) is 3.91 Å². The Hall–Kier alpha value is -0.780. The van der Waals surface area contributed by atoms with Gasteiger partial charge in [0.05, 0.1) is 0 Å². The molecule has 1 atom stereocenters. The van der Waals surface area contributed by atoms with Crippen molar-refractivity contribution in [3.63, 3.8) is 0 Å². The highest BCUT2D eigenvalue weighted by Gasteiger charge is 2.42. The Balaban J connectivity index is 2.21. The van der Waals surface area contributed by atoms with Gasteiger partial charge in [-0.3, -0.25) is 9.21 Å². The summed E-state index contributed by atoms with van der Waals surface area (Å²) in [7, 11) is 0. The van der Waals surface area contributed by atoms with Gasteiger partial charge < -0.3 is 0 Å². The minimum Gasteiger partial charge on any atom is -0.289 e. The van der Waals surface area contributed by atoms with Gasteiger partial charge >= 0.3 is 0 Å². The third-order valence-corrected chi connectivity index (χ3v) is 3.55. The molecule has 0 saturated carbocycles. The Morgan fingerprint density at radius 2 is 2.06 bits per heavy atom. The summed E-state index contributed by atoms with van der Waals surface area (Å²) < 4.78 is -0.120. The molecule has 1 aliphatic heterocycles. The van der Waals surface area contributed by atoms with Crippen LogP contribution in [0.4, 0.5) is 0 Å². The fourth-order valence-electron chi connectivity index (χ4n) is 1.36. The maximum absolute atomic E-state index is 12.2. The van der Waals surface area contributed by atoms with Gasteiger partial charge in [0.25, 0.3) is 3.91 Å². The second-order valence-electron chi connectivity index (χ2n) is 3.41. The van der Waals surface area contributed by atoms with Gasteiger partial charge in [-0.15, -0.1) is 0 Å². The fraction of sp³-hybridized carbons (Fsp3) is 0.200. The van der Waals surface area contributed by atoms with E-state index in [0.717, 1.165) is 0 Å². The molecule has 0 radical (unpaired) electrons. The highest BCUT2D eigenvalue weighted by molar-refractivity contribution is 9.10. The first-order chi connectivity index (χ1) is 8.01. The van der Waals surface area contributed by atoms with Gasteiger partial charge in [-0.2, -0.15) is 5.10 Å². The molecule has 7 heteroatoms. The van der Waals surface area contributed by atoms with E-state index in [1.807, 2.05) is 6.07 Å². The molecule has 0 spiro atoms. The first-order valence-corrected chi connectivity index (χ1v) is 6.24. The van der Waals surface area contributed by atoms with Gasteiger partial charge in [-0.05, 0) is 15.9 Å². The van der Waals surface area contributed by atoms with Crippen molar-refractivity contribution in [3.8, 4) is 0 Å². The van der Waals surface area contributed by atoms with Gasteiger partial charge in [-0.1, -0.05) is 41.9 Å². The molecule has 1 aliphatic rings. The molecule has 0 aromatic heterocycles. The van der Waals surface area contributed by atoms with E-state index in [-0.39, 0.29) is 12.5 Å². The van der Waals surface area contributed by atoms with Gasteiger partial charge in [0.15, 0.2) is 0 Å². The number of Topliss-reactive ketones (excluding diaryl/α,β-unsaturated/α-hetero) is 1. The lowest BCUT2D eigenvalue weighted by Crippen LogP contribution is -2.42. The molecular formula is C10H8BrCl2N3O. The third-order valence-electron chi connectivity index (χ3n) is 2.22. The van der Waals surface area contributed by atoms with E-state index in [9.17, 15) is 4.79 Å². The summed E-state index contributed by atoms with van der Waals surface area (Å²) in [6.45, 7) is 0.231. The van der Waals surface area contributed by atoms with Crippen LogP contribution in [0.5, 0.6) is 0 Å². The third kappa shape index (κ3) is 2.56. The number of benzene rings is 1. The lowest BCUT2D eigenvalue weighted by molar-refractivity contribution is 0.0874. The molecule has 1 unspecified atom stereocenters. The first-order valence-electron chi connectivity index (χ1n) is 4.73. The maximum atomic E-state index is 12.2. The number of ketones is 1. The topological polar surface area (TPSA) is 35.9 Å². The molecule has 1 aromatic rings. The number of alkyl halides is 2. The summed E-state index contributed by atoms with van der Waals surface area (Å²) in [6.07, 6.45) is 1.39. The minimum atomic E-state index is -1.42. The van der Waals surface area contributed by atoms with Crippen LogP contribution in [0.15, 0.2) is 35.4 Å². The standard InChI is InChI=1S/C10H8BrCl2N3O/c11-10(12,16-7-15(13)6-14-16)9(17)8-4-2-1-3-5-8/h1-6H,7H2. The van der Waals surface area contributed by atoms with Crippen molar-refractivity contribution in [2.75, 3.05) is 6.67 Å². The number of carbonyl (C=O) groups excluding carboxylic acids is 1. The van der Waals surface area contributed by atoms with Crippen molar-refractivity contribution in [1.29, 1.82) is 0 Å². The van der Waals surface area contributed by atoms with E-state index < -0.39 is 3.91 Å². The van der Waals surface area contributed by atoms with Crippen LogP contribution in [0.3, 0.4) is 0 Å². The normalized spacial score (nSPS) is 18.3. The van der Waals surface area contributed by atoms with Crippen molar-refractivity contribution in [3.05, 3.63) is 35.9 Å². The predicted octanol–water partition coefficient (Wildman–Crippen LogP) is 2.83. The zero-order valence-electron chi connectivity index (χ0n) is 8.55. The minimum absolute atomic E-state index is 0.231. The largest absolute Gasteiger partial charge is 0.289 e. The van der Waals surface area contributed by atoms with Crippen LogP contribution in [-0.4, -0.2) is 32.1 Å². The molecule has 0 bridgehead atoms. The van der Waals surface area contributed by atoms with Gasteiger partial charge in [-0.25, -0.2) is 5.01 Å². The monoisotopic (exact) mass is 335 g/mol. The molecule has 90 valence electrons. The number of rotatable bonds is 3. The van der Waals surface area contributed by atoms with Crippen molar-refractivity contribution in [2.24, 2.45) is 5.10 Å². The smallest absolute Gasteiger partial charge is 0.250 e. The predicted molar refractivity (Wildman–Crippen MR) is 71.2 cm³/mol. The summed E-state index contributed by atoms with van der Waals surface area (Å²) >= 11 is 15.1. The molecule has 4 nitrogen and oxygen atoms in total. The van der Waals surface area contributed by atoms with Crippen molar-refractivity contribution in [1.82, 2.24) is 9.43 Å². The summed E-state index contributed by atoms with van der Waals surface area (Å²) in [5.41, 5.74) is 0.502. The van der Waals surface area contributed by atoms with E-state index >= 15 is 0 Å². The second kappa shape index (κ2) is 4.84. The zero-order chi connectivity index (χ0) is 12.5. The Bertz CT molecular complexity index is 452. The maximum Gasteiger partial charge on any atom is 0.250 e. The van der Waals surface area contributed by atoms with E-state index in [1.165, 1.54) is 15.8 Å². The Kier molecular flexibility index (Phi) is 3.61. The van der Waals surface area contributed by atoms with Crippen LogP contribution < -0.4 is 0 Å². The SMILES string of the molecule is O=C(c1ccccc1)C(Cl)(Br)N1CN(Cl)C=N1. The summed E-state index contributed by atoms with van der Waals surface area (Å²) in [6, 6.07) is 8.76. The number of hydrazone groups is 1. The average Bonchev–Trinajstić information content (AvgIpc) is 2.77. The van der Waals surface area contributed by atoms with Crippen LogP contribution in [0.2, 0.25) is 0 Å². The van der Waals surface area contributed by atoms with E-state index in [2.05, 4.69) is 21.0 Å². The zero-order valence-corrected chi connectivity index (χ0v) is 11.7. The molecule has 0 amide bonds. The molecule has 2 rings (SSSR count). The van der Waals surface area contributed by atoms with Gasteiger partial charge in [0.2, 0.25) is 5.78 Å². The quantitative estimate of drug-likeness (QED) is 0.368. The molecule has 1 aromatic carbocycles. The summed E-state index contributed by atoms with van der Waals surface area (Å²) in [5, 5.41) is 5.30. The van der Waals surface area contributed by atoms with E-state index in [1.54, 1.807) is 24.3 Å². The summed E-state index contributed by atoms with van der Waals surface area (Å²) in [4.78, 5) is 12.2. The van der Waals surface area contributed by atoms with Crippen molar-refractivity contribution < 1.29 is 4.79 Å². The lowest BCUT2D eigenvalue weighted by Gasteiger charge is -2.27. The van der Waals surface area contributed by atoms with Crippen LogP contribution in [0.25, 0.3) is 0 Å². The van der Waals surface area contributed by atoms with Crippen LogP contribution in [0.1, 0.15) is 10.4 Å². The number of nitrogens with zero attached hydrogens (tertiary/aromatic N) is 3. The number of hydrogen-bond donors (Lipinski definition) is 0. The average molecular weight is 337 g/mol. The Labute approximate surface area is 117 Å². The molecule has 0 aliphatic carbocycles. The van der Waals surface area contributed by atoms with Gasteiger partial charge in [0.1, 0.15) is 13.0 Å². The number of halogens is 3. The molecule has 17 heavy (non-hydrogen) atoms. The Morgan fingerprint density at radius 3 is 2.59 bits per heavy atom. The number of carbonyl (C=O) groups is 1. The van der Waals surface area contributed by atoms with Crippen LogP contribution >= 0.6 is 39.3 Å². The molecule has 0 saturated heterocycles.